The number of carbonyl (C=O) groups is 1. The van der Waals surface area contributed by atoms with Crippen LogP contribution in [0, 0.1) is 0 Å². The molecule has 1 N–H and O–H groups in total. The van der Waals surface area contributed by atoms with Crippen LogP contribution in [0.15, 0.2) is 42.6 Å². The minimum Gasteiger partial charge on any atom is -0.494 e. The van der Waals surface area contributed by atoms with Gasteiger partial charge in [0.1, 0.15) is 11.3 Å². The number of nitrogens with one attached hydrogen (secondary N) is 1. The number of hydrogen-bond donors (Lipinski definition) is 1. The van der Waals surface area contributed by atoms with Gasteiger partial charge < -0.3 is 14.8 Å². The van der Waals surface area contributed by atoms with Gasteiger partial charge in [0.25, 0.3) is 5.91 Å². The second kappa shape index (κ2) is 9.55. The normalized spacial score (nSPS) is 10.2. The van der Waals surface area contributed by atoms with Gasteiger partial charge in [-0.1, -0.05) is 25.5 Å². The number of unbranched alkanes of at least 4 members (excludes halogenated alkanes) is 1. The van der Waals surface area contributed by atoms with Gasteiger partial charge >= 0.3 is 0 Å². The van der Waals surface area contributed by atoms with Crippen molar-refractivity contribution in [2.75, 3.05) is 20.3 Å². The highest BCUT2D eigenvalue weighted by Gasteiger charge is 2.11. The van der Waals surface area contributed by atoms with Crippen molar-refractivity contribution < 1.29 is 14.3 Å². The number of hydrogen-bond acceptors (Lipinski definition) is 4. The number of nitrogens with zero attached hydrogens (tertiary/aromatic N) is 1. The molecule has 0 bridgehead atoms. The van der Waals surface area contributed by atoms with Crippen LogP contribution in [0.2, 0.25) is 0 Å². The summed E-state index contributed by atoms with van der Waals surface area (Å²) in [6.45, 7) is 3.44. The van der Waals surface area contributed by atoms with Crippen molar-refractivity contribution in [3.8, 4) is 11.6 Å². The zero-order chi connectivity index (χ0) is 17.2. The molecular formula is C19H24N2O3. The van der Waals surface area contributed by atoms with Crippen molar-refractivity contribution in [2.24, 2.45) is 0 Å². The molecule has 0 saturated carbocycles. The van der Waals surface area contributed by atoms with Gasteiger partial charge in [-0.2, -0.15) is 0 Å². The molecule has 1 aromatic heterocycles. The van der Waals surface area contributed by atoms with Crippen LogP contribution in [0.25, 0.3) is 0 Å². The fourth-order valence-electron chi connectivity index (χ4n) is 2.23. The summed E-state index contributed by atoms with van der Waals surface area (Å²) < 4.78 is 10.7. The first kappa shape index (κ1) is 17.8. The summed E-state index contributed by atoms with van der Waals surface area (Å²) in [7, 11) is 1.50. The molecule has 0 unspecified atom stereocenters. The molecule has 0 spiro atoms. The van der Waals surface area contributed by atoms with Crippen molar-refractivity contribution in [3.05, 3.63) is 53.7 Å². The van der Waals surface area contributed by atoms with Crippen molar-refractivity contribution in [2.45, 2.75) is 26.2 Å². The van der Waals surface area contributed by atoms with E-state index >= 15 is 0 Å². The summed E-state index contributed by atoms with van der Waals surface area (Å²) in [6.07, 6.45) is 4.54. The lowest BCUT2D eigenvalue weighted by Crippen LogP contribution is -2.26. The molecule has 128 valence electrons. The number of pyridine rings is 1. The minimum atomic E-state index is -0.181. The summed E-state index contributed by atoms with van der Waals surface area (Å²) in [5.74, 6) is 1.04. The molecule has 0 fully saturated rings. The predicted octanol–water partition coefficient (Wildman–Crippen LogP) is 3.24. The zero-order valence-corrected chi connectivity index (χ0v) is 14.2. The van der Waals surface area contributed by atoms with Gasteiger partial charge in [0.15, 0.2) is 0 Å². The van der Waals surface area contributed by atoms with Gasteiger partial charge in [0, 0.05) is 12.7 Å². The molecule has 1 amide bonds. The first-order chi connectivity index (χ1) is 11.7. The van der Waals surface area contributed by atoms with Crippen molar-refractivity contribution >= 4 is 5.91 Å². The Morgan fingerprint density at radius 3 is 2.71 bits per heavy atom. The van der Waals surface area contributed by atoms with Crippen molar-refractivity contribution in [1.82, 2.24) is 10.3 Å². The van der Waals surface area contributed by atoms with E-state index in [4.69, 9.17) is 9.47 Å². The monoisotopic (exact) mass is 328 g/mol. The van der Waals surface area contributed by atoms with Gasteiger partial charge in [-0.25, -0.2) is 4.98 Å². The lowest BCUT2D eigenvalue weighted by Gasteiger charge is -2.09. The largest absolute Gasteiger partial charge is 0.494 e. The molecular weight excluding hydrogens is 304 g/mol. The highest BCUT2D eigenvalue weighted by Crippen LogP contribution is 2.14. The Balaban J connectivity index is 1.80. The Morgan fingerprint density at radius 1 is 1.21 bits per heavy atom. The third-order valence-electron chi connectivity index (χ3n) is 3.60. The molecule has 2 rings (SSSR count). The molecule has 0 aliphatic heterocycles. The van der Waals surface area contributed by atoms with E-state index in [1.165, 1.54) is 7.11 Å². The summed E-state index contributed by atoms with van der Waals surface area (Å²) in [5, 5.41) is 2.89. The van der Waals surface area contributed by atoms with Crippen LogP contribution in [0.1, 0.15) is 35.7 Å². The van der Waals surface area contributed by atoms with Crippen LogP contribution >= 0.6 is 0 Å². The standard InChI is InChI=1S/C19H24N2O3/c1-3-4-14-24-16-9-7-15(8-10-16)11-13-20-18(22)17-6-5-12-21-19(17)23-2/h5-10,12H,3-4,11,13-14H2,1-2H3,(H,20,22). The summed E-state index contributed by atoms with van der Waals surface area (Å²) in [5.41, 5.74) is 1.59. The molecule has 0 atom stereocenters. The molecule has 1 heterocycles. The topological polar surface area (TPSA) is 60.5 Å². The Kier molecular flexibility index (Phi) is 7.08. The molecule has 0 saturated heterocycles. The van der Waals surface area contributed by atoms with E-state index in [1.54, 1.807) is 18.3 Å². The van der Waals surface area contributed by atoms with Gasteiger partial charge in [0.05, 0.1) is 13.7 Å². The average molecular weight is 328 g/mol. The molecule has 5 heteroatoms. The smallest absolute Gasteiger partial charge is 0.256 e. The Labute approximate surface area is 143 Å². The van der Waals surface area contributed by atoms with Crippen LogP contribution in [0.3, 0.4) is 0 Å². The number of aromatic nitrogens is 1. The molecule has 0 aliphatic carbocycles. The summed E-state index contributed by atoms with van der Waals surface area (Å²) in [6, 6.07) is 11.4. The maximum absolute atomic E-state index is 12.2. The molecule has 2 aromatic rings. The van der Waals surface area contributed by atoms with E-state index in [9.17, 15) is 4.79 Å². The van der Waals surface area contributed by atoms with Gasteiger partial charge in [-0.15, -0.1) is 0 Å². The number of benzene rings is 1. The SMILES string of the molecule is CCCCOc1ccc(CCNC(=O)c2cccnc2OC)cc1. The Hall–Kier alpha value is -2.56. The summed E-state index contributed by atoms with van der Waals surface area (Å²) >= 11 is 0. The van der Waals surface area contributed by atoms with E-state index < -0.39 is 0 Å². The maximum atomic E-state index is 12.2. The van der Waals surface area contributed by atoms with E-state index in [2.05, 4.69) is 17.2 Å². The first-order valence-electron chi connectivity index (χ1n) is 8.23. The molecule has 5 nitrogen and oxygen atoms in total. The highest BCUT2D eigenvalue weighted by molar-refractivity contribution is 5.96. The maximum Gasteiger partial charge on any atom is 0.256 e. The number of ether oxygens (including phenoxy) is 2. The predicted molar refractivity (Wildman–Crippen MR) is 93.7 cm³/mol. The van der Waals surface area contributed by atoms with Crippen LogP contribution in [0.4, 0.5) is 0 Å². The number of rotatable bonds is 9. The van der Waals surface area contributed by atoms with Crippen LogP contribution in [-0.2, 0) is 6.42 Å². The van der Waals surface area contributed by atoms with E-state index in [0.29, 0.717) is 18.0 Å². The summed E-state index contributed by atoms with van der Waals surface area (Å²) in [4.78, 5) is 16.2. The number of carbonyl (C=O) groups excluding carboxylic acids is 1. The second-order valence-corrected chi connectivity index (χ2v) is 5.41. The second-order valence-electron chi connectivity index (χ2n) is 5.41. The minimum absolute atomic E-state index is 0.181. The van der Waals surface area contributed by atoms with Crippen LogP contribution < -0.4 is 14.8 Å². The number of amides is 1. The molecule has 24 heavy (non-hydrogen) atoms. The Morgan fingerprint density at radius 2 is 2.00 bits per heavy atom. The highest BCUT2D eigenvalue weighted by atomic mass is 16.5. The van der Waals surface area contributed by atoms with E-state index in [-0.39, 0.29) is 5.91 Å². The quantitative estimate of drug-likeness (QED) is 0.718. The van der Waals surface area contributed by atoms with Crippen molar-refractivity contribution in [1.29, 1.82) is 0 Å². The Bertz CT molecular complexity index is 641. The van der Waals surface area contributed by atoms with Crippen molar-refractivity contribution in [3.63, 3.8) is 0 Å². The average Bonchev–Trinajstić information content (AvgIpc) is 2.63. The first-order valence-corrected chi connectivity index (χ1v) is 8.23. The van der Waals surface area contributed by atoms with Gasteiger partial charge in [-0.05, 0) is 42.7 Å². The zero-order valence-electron chi connectivity index (χ0n) is 14.2. The third kappa shape index (κ3) is 5.26. The third-order valence-corrected chi connectivity index (χ3v) is 3.60. The van der Waals surface area contributed by atoms with Crippen LogP contribution in [0.5, 0.6) is 11.6 Å². The number of methoxy groups -OCH3 is 1. The van der Waals surface area contributed by atoms with Gasteiger partial charge in [0.2, 0.25) is 5.88 Å². The fourth-order valence-corrected chi connectivity index (χ4v) is 2.23. The van der Waals surface area contributed by atoms with Crippen LogP contribution in [-0.4, -0.2) is 31.2 Å². The molecule has 0 aliphatic rings. The van der Waals surface area contributed by atoms with E-state index in [0.717, 1.165) is 37.2 Å². The fraction of sp³-hybridized carbons (Fsp3) is 0.368. The lowest BCUT2D eigenvalue weighted by atomic mass is 10.1. The molecule has 1 aromatic carbocycles. The lowest BCUT2D eigenvalue weighted by molar-refractivity contribution is 0.0950. The van der Waals surface area contributed by atoms with E-state index in [1.807, 2.05) is 24.3 Å². The molecule has 0 radical (unpaired) electrons. The van der Waals surface area contributed by atoms with Gasteiger partial charge in [-0.3, -0.25) is 4.79 Å².